The zero-order valence-corrected chi connectivity index (χ0v) is 13.6. The second-order valence-corrected chi connectivity index (χ2v) is 5.59. The number of carbonyl (C=O) groups is 1. The van der Waals surface area contributed by atoms with E-state index in [4.69, 9.17) is 0 Å². The summed E-state index contributed by atoms with van der Waals surface area (Å²) in [4.78, 5) is 25.0. The Morgan fingerprint density at radius 2 is 2.09 bits per heavy atom. The molecular formula is C16H22N6O. The first-order valence-corrected chi connectivity index (χ1v) is 8.12. The number of aromatic amines is 1. The minimum Gasteiger partial charge on any atom is -0.325 e. The van der Waals surface area contributed by atoms with Crippen molar-refractivity contribution >= 4 is 6.03 Å². The van der Waals surface area contributed by atoms with E-state index in [1.807, 2.05) is 35.8 Å². The number of likely N-dealkylation sites (tertiary alicyclic amines) is 1. The molecule has 0 aliphatic carbocycles. The monoisotopic (exact) mass is 314 g/mol. The van der Waals surface area contributed by atoms with Gasteiger partial charge in [-0.1, -0.05) is 0 Å². The highest BCUT2D eigenvalue weighted by atomic mass is 16.2. The van der Waals surface area contributed by atoms with Gasteiger partial charge in [0.1, 0.15) is 5.82 Å². The van der Waals surface area contributed by atoms with Crippen LogP contribution in [0, 0.1) is 0 Å². The summed E-state index contributed by atoms with van der Waals surface area (Å²) in [5.41, 5.74) is 0.919. The number of hydrogen-bond donors (Lipinski definition) is 1. The summed E-state index contributed by atoms with van der Waals surface area (Å²) < 4.78 is 0. The number of nitrogens with zero attached hydrogens (tertiary/aromatic N) is 5. The quantitative estimate of drug-likeness (QED) is 0.940. The molecule has 1 aliphatic heterocycles. The molecule has 1 atom stereocenters. The third-order valence-electron chi connectivity index (χ3n) is 4.29. The summed E-state index contributed by atoms with van der Waals surface area (Å²) in [5, 5.41) is 7.31. The third kappa shape index (κ3) is 3.04. The van der Waals surface area contributed by atoms with E-state index in [1.54, 1.807) is 12.4 Å². The molecular weight excluding hydrogens is 292 g/mol. The average molecular weight is 314 g/mol. The highest BCUT2D eigenvalue weighted by Crippen LogP contribution is 2.31. The number of rotatable bonds is 4. The van der Waals surface area contributed by atoms with Crippen LogP contribution in [0.2, 0.25) is 0 Å². The fraction of sp³-hybridized carbons (Fsp3) is 0.500. The number of H-pyrrole nitrogens is 1. The Kier molecular flexibility index (Phi) is 4.55. The normalized spacial score (nSPS) is 17.5. The highest BCUT2D eigenvalue weighted by molar-refractivity contribution is 5.75. The average Bonchev–Trinajstić information content (AvgIpc) is 3.25. The number of carbonyl (C=O) groups excluding carboxylic acids is 1. The maximum Gasteiger partial charge on any atom is 0.320 e. The van der Waals surface area contributed by atoms with Gasteiger partial charge in [-0.15, -0.1) is 0 Å². The van der Waals surface area contributed by atoms with E-state index in [9.17, 15) is 4.79 Å². The van der Waals surface area contributed by atoms with Crippen molar-refractivity contribution < 1.29 is 4.79 Å². The maximum atomic E-state index is 12.6. The number of aromatic nitrogens is 4. The van der Waals surface area contributed by atoms with Crippen LogP contribution in [0.4, 0.5) is 4.79 Å². The highest BCUT2D eigenvalue weighted by Gasteiger charge is 2.34. The van der Waals surface area contributed by atoms with Crippen LogP contribution >= 0.6 is 0 Å². The minimum atomic E-state index is -0.0220. The van der Waals surface area contributed by atoms with E-state index < -0.39 is 0 Å². The van der Waals surface area contributed by atoms with Gasteiger partial charge in [-0.05, 0) is 38.8 Å². The SMILES string of the molecule is CCN(CC)C(=O)N1CCC[C@H]1c1nc(-c2ccncc2)n[nH]1. The Morgan fingerprint density at radius 1 is 1.35 bits per heavy atom. The molecule has 1 aliphatic rings. The first-order valence-electron chi connectivity index (χ1n) is 8.12. The molecule has 7 nitrogen and oxygen atoms in total. The zero-order valence-electron chi connectivity index (χ0n) is 13.6. The lowest BCUT2D eigenvalue weighted by Crippen LogP contribution is -2.42. The second kappa shape index (κ2) is 6.76. The van der Waals surface area contributed by atoms with Gasteiger partial charge >= 0.3 is 6.03 Å². The van der Waals surface area contributed by atoms with Crippen LogP contribution in [0.1, 0.15) is 38.6 Å². The summed E-state index contributed by atoms with van der Waals surface area (Å²) in [5.74, 6) is 1.40. The molecule has 0 bridgehead atoms. The van der Waals surface area contributed by atoms with Gasteiger partial charge in [-0.25, -0.2) is 9.78 Å². The van der Waals surface area contributed by atoms with Crippen LogP contribution in [0.25, 0.3) is 11.4 Å². The summed E-state index contributed by atoms with van der Waals surface area (Å²) >= 11 is 0. The molecule has 1 fully saturated rings. The van der Waals surface area contributed by atoms with Crippen molar-refractivity contribution in [3.63, 3.8) is 0 Å². The Bertz CT molecular complexity index is 652. The molecule has 3 rings (SSSR count). The molecule has 2 amide bonds. The van der Waals surface area contributed by atoms with Crippen LogP contribution in [0.15, 0.2) is 24.5 Å². The predicted molar refractivity (Wildman–Crippen MR) is 86.6 cm³/mol. The van der Waals surface area contributed by atoms with Crippen LogP contribution in [0.3, 0.4) is 0 Å². The van der Waals surface area contributed by atoms with Crippen molar-refractivity contribution in [2.45, 2.75) is 32.7 Å². The topological polar surface area (TPSA) is 78.0 Å². The lowest BCUT2D eigenvalue weighted by atomic mass is 10.2. The van der Waals surface area contributed by atoms with E-state index in [1.165, 1.54) is 0 Å². The van der Waals surface area contributed by atoms with Gasteiger partial charge < -0.3 is 9.80 Å². The lowest BCUT2D eigenvalue weighted by molar-refractivity contribution is 0.151. The van der Waals surface area contributed by atoms with Crippen LogP contribution < -0.4 is 0 Å². The first kappa shape index (κ1) is 15.5. The molecule has 23 heavy (non-hydrogen) atoms. The first-order chi connectivity index (χ1) is 11.2. The van der Waals surface area contributed by atoms with E-state index in [0.717, 1.165) is 43.9 Å². The predicted octanol–water partition coefficient (Wildman–Crippen LogP) is 2.47. The smallest absolute Gasteiger partial charge is 0.320 e. The van der Waals surface area contributed by atoms with Gasteiger partial charge in [0, 0.05) is 37.6 Å². The summed E-state index contributed by atoms with van der Waals surface area (Å²) in [6.45, 7) is 6.21. The van der Waals surface area contributed by atoms with Crippen molar-refractivity contribution in [3.8, 4) is 11.4 Å². The van der Waals surface area contributed by atoms with E-state index in [0.29, 0.717) is 5.82 Å². The Morgan fingerprint density at radius 3 is 2.78 bits per heavy atom. The number of amides is 2. The van der Waals surface area contributed by atoms with Gasteiger partial charge in [0.05, 0.1) is 6.04 Å². The number of pyridine rings is 1. The number of nitrogens with one attached hydrogen (secondary N) is 1. The largest absolute Gasteiger partial charge is 0.325 e. The van der Waals surface area contributed by atoms with Gasteiger partial charge in [0.2, 0.25) is 0 Å². The third-order valence-corrected chi connectivity index (χ3v) is 4.29. The standard InChI is InChI=1S/C16H22N6O/c1-3-21(4-2)16(23)22-11-5-6-13(22)15-18-14(19-20-15)12-7-9-17-10-8-12/h7-10,13H,3-6,11H2,1-2H3,(H,18,19,20)/t13-/m0/s1. The molecule has 1 saturated heterocycles. The van der Waals surface area contributed by atoms with Crippen molar-refractivity contribution in [1.29, 1.82) is 0 Å². The second-order valence-electron chi connectivity index (χ2n) is 5.59. The number of urea groups is 1. The van der Waals surface area contributed by atoms with Gasteiger partial charge in [0.15, 0.2) is 5.82 Å². The Balaban J connectivity index is 1.81. The molecule has 1 N–H and O–H groups in total. The Hall–Kier alpha value is -2.44. The molecule has 0 saturated carbocycles. The molecule has 7 heteroatoms. The van der Waals surface area contributed by atoms with Crippen molar-refractivity contribution in [2.75, 3.05) is 19.6 Å². The summed E-state index contributed by atoms with van der Waals surface area (Å²) in [6, 6.07) is 3.81. The van der Waals surface area contributed by atoms with E-state index in [2.05, 4.69) is 20.2 Å². The summed E-state index contributed by atoms with van der Waals surface area (Å²) in [7, 11) is 0. The molecule has 0 unspecified atom stereocenters. The van der Waals surface area contributed by atoms with E-state index >= 15 is 0 Å². The molecule has 0 radical (unpaired) electrons. The van der Waals surface area contributed by atoms with Gasteiger partial charge in [-0.2, -0.15) is 5.10 Å². The van der Waals surface area contributed by atoms with Crippen molar-refractivity contribution in [3.05, 3.63) is 30.4 Å². The fourth-order valence-corrected chi connectivity index (χ4v) is 3.01. The van der Waals surface area contributed by atoms with E-state index in [-0.39, 0.29) is 12.1 Å². The molecule has 0 spiro atoms. The molecule has 2 aromatic rings. The van der Waals surface area contributed by atoms with Gasteiger partial charge in [-0.3, -0.25) is 10.1 Å². The molecule has 0 aromatic carbocycles. The summed E-state index contributed by atoms with van der Waals surface area (Å²) in [6.07, 6.45) is 5.34. The van der Waals surface area contributed by atoms with Crippen LogP contribution in [-0.2, 0) is 0 Å². The van der Waals surface area contributed by atoms with Gasteiger partial charge in [0.25, 0.3) is 0 Å². The van der Waals surface area contributed by atoms with Crippen molar-refractivity contribution in [1.82, 2.24) is 30.0 Å². The minimum absolute atomic E-state index is 0.0220. The van der Waals surface area contributed by atoms with Crippen LogP contribution in [-0.4, -0.2) is 55.6 Å². The molecule has 3 heterocycles. The molecule has 122 valence electrons. The maximum absolute atomic E-state index is 12.6. The molecule has 2 aromatic heterocycles. The van der Waals surface area contributed by atoms with Crippen molar-refractivity contribution in [2.24, 2.45) is 0 Å². The number of hydrogen-bond acceptors (Lipinski definition) is 4. The fourth-order valence-electron chi connectivity index (χ4n) is 3.01. The lowest BCUT2D eigenvalue weighted by Gasteiger charge is -2.29. The zero-order chi connectivity index (χ0) is 16.2. The Labute approximate surface area is 135 Å². The van der Waals surface area contributed by atoms with Crippen LogP contribution in [0.5, 0.6) is 0 Å².